The van der Waals surface area contributed by atoms with E-state index in [-0.39, 0.29) is 11.2 Å². The van der Waals surface area contributed by atoms with Crippen LogP contribution >= 0.6 is 11.3 Å². The van der Waals surface area contributed by atoms with Gasteiger partial charge in [-0.3, -0.25) is 4.98 Å². The minimum atomic E-state index is 0.00503. The van der Waals surface area contributed by atoms with Crippen LogP contribution in [0.1, 0.15) is 59.1 Å². The number of rotatable bonds is 4. The Hall–Kier alpha value is -3.11. The van der Waals surface area contributed by atoms with Gasteiger partial charge in [0.1, 0.15) is 16.9 Å². The van der Waals surface area contributed by atoms with Crippen LogP contribution in [0, 0.1) is 5.92 Å². The van der Waals surface area contributed by atoms with E-state index in [9.17, 15) is 5.11 Å². The molecule has 1 N–H and O–H groups in total. The SMILES string of the molecule is C/C(=C\CC(C)C)c1c(O)ccc2oc3ccnc(-c4cc(C(C)(C)C)c5sccc5c4)c3c12. The molecule has 2 aromatic carbocycles. The quantitative estimate of drug-likeness (QED) is 0.285. The van der Waals surface area contributed by atoms with Crippen molar-refractivity contribution in [2.24, 2.45) is 5.92 Å². The Kier molecular flexibility index (Phi) is 5.52. The number of furan rings is 1. The molecule has 0 aliphatic carbocycles. The van der Waals surface area contributed by atoms with E-state index in [2.05, 4.69) is 71.2 Å². The lowest BCUT2D eigenvalue weighted by Crippen LogP contribution is -2.11. The Morgan fingerprint density at radius 3 is 2.59 bits per heavy atom. The summed E-state index contributed by atoms with van der Waals surface area (Å²) in [7, 11) is 0. The maximum absolute atomic E-state index is 10.9. The van der Waals surface area contributed by atoms with Crippen LogP contribution in [-0.4, -0.2) is 10.1 Å². The van der Waals surface area contributed by atoms with Gasteiger partial charge >= 0.3 is 0 Å². The minimum absolute atomic E-state index is 0.00503. The van der Waals surface area contributed by atoms with Crippen molar-refractivity contribution in [1.29, 1.82) is 0 Å². The number of benzene rings is 2. The highest BCUT2D eigenvalue weighted by Crippen LogP contribution is 2.44. The molecule has 0 unspecified atom stereocenters. The van der Waals surface area contributed by atoms with Gasteiger partial charge in [0, 0.05) is 27.4 Å². The summed E-state index contributed by atoms with van der Waals surface area (Å²) in [5.74, 6) is 0.814. The van der Waals surface area contributed by atoms with Gasteiger partial charge in [-0.25, -0.2) is 0 Å². The molecule has 5 aromatic rings. The number of hydrogen-bond donors (Lipinski definition) is 1. The number of hydrogen-bond acceptors (Lipinski definition) is 4. The van der Waals surface area contributed by atoms with Crippen LogP contribution in [-0.2, 0) is 5.41 Å². The zero-order chi connectivity index (χ0) is 24.2. The van der Waals surface area contributed by atoms with Crippen LogP contribution in [0.15, 0.2) is 58.5 Å². The molecule has 0 aliphatic rings. The van der Waals surface area contributed by atoms with Gasteiger partial charge in [0.25, 0.3) is 0 Å². The summed E-state index contributed by atoms with van der Waals surface area (Å²) in [6.45, 7) is 13.2. The fourth-order valence-electron chi connectivity index (χ4n) is 4.70. The number of allylic oxidation sites excluding steroid dienone is 2. The summed E-state index contributed by atoms with van der Waals surface area (Å²) in [6.07, 6.45) is 4.98. The first-order valence-electron chi connectivity index (χ1n) is 11.9. The summed E-state index contributed by atoms with van der Waals surface area (Å²) < 4.78 is 7.60. The van der Waals surface area contributed by atoms with Crippen molar-refractivity contribution in [3.05, 3.63) is 65.2 Å². The first kappa shape index (κ1) is 22.7. The molecule has 4 heteroatoms. The molecule has 0 radical (unpaired) electrons. The highest BCUT2D eigenvalue weighted by molar-refractivity contribution is 7.17. The van der Waals surface area contributed by atoms with Crippen LogP contribution in [0.4, 0.5) is 0 Å². The van der Waals surface area contributed by atoms with Gasteiger partial charge in [0.15, 0.2) is 0 Å². The van der Waals surface area contributed by atoms with Gasteiger partial charge in [-0.15, -0.1) is 11.3 Å². The van der Waals surface area contributed by atoms with Crippen LogP contribution in [0.2, 0.25) is 0 Å². The third-order valence-electron chi connectivity index (χ3n) is 6.45. The molecule has 3 aromatic heterocycles. The van der Waals surface area contributed by atoms with Gasteiger partial charge in [-0.05, 0) is 83.0 Å². The topological polar surface area (TPSA) is 46.3 Å². The second kappa shape index (κ2) is 8.28. The van der Waals surface area contributed by atoms with Crippen molar-refractivity contribution in [2.75, 3.05) is 0 Å². The first-order chi connectivity index (χ1) is 16.1. The second-order valence-corrected chi connectivity index (χ2v) is 11.5. The summed E-state index contributed by atoms with van der Waals surface area (Å²) in [4.78, 5) is 4.86. The lowest BCUT2D eigenvalue weighted by atomic mass is 9.84. The van der Waals surface area contributed by atoms with E-state index >= 15 is 0 Å². The van der Waals surface area contributed by atoms with E-state index in [0.29, 0.717) is 5.92 Å². The molecule has 3 heterocycles. The molecular formula is C30H31NO2S. The molecule has 0 saturated heterocycles. The van der Waals surface area contributed by atoms with Gasteiger partial charge in [0.2, 0.25) is 0 Å². The predicted octanol–water partition coefficient (Wildman–Crippen LogP) is 9.32. The van der Waals surface area contributed by atoms with Crippen molar-refractivity contribution in [3.8, 4) is 17.0 Å². The van der Waals surface area contributed by atoms with Crippen molar-refractivity contribution in [1.82, 2.24) is 4.98 Å². The summed E-state index contributed by atoms with van der Waals surface area (Å²) in [6, 6.07) is 12.2. The van der Waals surface area contributed by atoms with Crippen LogP contribution in [0.3, 0.4) is 0 Å². The summed E-state index contributed by atoms with van der Waals surface area (Å²) in [5.41, 5.74) is 6.72. The number of phenolic OH excluding ortho intramolecular Hbond substituents is 1. The zero-order valence-electron chi connectivity index (χ0n) is 20.7. The highest BCUT2D eigenvalue weighted by atomic mass is 32.1. The van der Waals surface area contributed by atoms with Crippen molar-refractivity contribution in [3.63, 3.8) is 0 Å². The predicted molar refractivity (Wildman–Crippen MR) is 146 cm³/mol. The summed E-state index contributed by atoms with van der Waals surface area (Å²) >= 11 is 1.79. The van der Waals surface area contributed by atoms with E-state index in [4.69, 9.17) is 9.40 Å². The Balaban J connectivity index is 1.86. The summed E-state index contributed by atoms with van der Waals surface area (Å²) in [5, 5.41) is 16.2. The average molecular weight is 470 g/mol. The molecule has 0 saturated carbocycles. The van der Waals surface area contributed by atoms with Crippen LogP contribution in [0.25, 0.3) is 48.9 Å². The van der Waals surface area contributed by atoms with Crippen LogP contribution in [0.5, 0.6) is 5.75 Å². The van der Waals surface area contributed by atoms with Crippen molar-refractivity contribution < 1.29 is 9.52 Å². The van der Waals surface area contributed by atoms with Gasteiger partial charge in [-0.1, -0.05) is 40.7 Å². The number of thiophene rings is 1. The standard InChI is InChI=1S/C30H31NO2S/c1-17(2)7-8-18(3)25-22(32)9-10-23-26(25)27-24(33-23)11-13-31-28(27)20-15-19-12-14-34-29(19)21(16-20)30(4,5)6/h8-17,32H,7H2,1-6H3/b18-8+. The number of aromatic hydroxyl groups is 1. The molecule has 0 amide bonds. The normalized spacial score (nSPS) is 13.1. The maximum Gasteiger partial charge on any atom is 0.139 e. The Morgan fingerprint density at radius 1 is 1.09 bits per heavy atom. The maximum atomic E-state index is 10.9. The highest BCUT2D eigenvalue weighted by Gasteiger charge is 2.23. The van der Waals surface area contributed by atoms with E-state index in [1.54, 1.807) is 17.4 Å². The molecule has 34 heavy (non-hydrogen) atoms. The minimum Gasteiger partial charge on any atom is -0.507 e. The van der Waals surface area contributed by atoms with Crippen molar-refractivity contribution >= 4 is 48.9 Å². The third-order valence-corrected chi connectivity index (χ3v) is 7.41. The monoisotopic (exact) mass is 469 g/mol. The Morgan fingerprint density at radius 2 is 1.85 bits per heavy atom. The van der Waals surface area contributed by atoms with E-state index in [1.807, 2.05) is 18.3 Å². The molecule has 0 bridgehead atoms. The molecule has 174 valence electrons. The fraction of sp³-hybridized carbons (Fsp3) is 0.300. The van der Waals surface area contributed by atoms with Gasteiger partial charge in [0.05, 0.1) is 11.1 Å². The number of phenols is 1. The number of nitrogens with zero attached hydrogens (tertiary/aromatic N) is 1. The van der Waals surface area contributed by atoms with E-state index in [0.717, 1.165) is 50.8 Å². The molecule has 0 aliphatic heterocycles. The zero-order valence-corrected chi connectivity index (χ0v) is 21.5. The Labute approximate surface area is 204 Å². The van der Waals surface area contributed by atoms with Gasteiger partial charge in [-0.2, -0.15) is 0 Å². The molecular weight excluding hydrogens is 438 g/mol. The largest absolute Gasteiger partial charge is 0.507 e. The number of pyridine rings is 1. The first-order valence-corrected chi connectivity index (χ1v) is 12.8. The molecule has 3 nitrogen and oxygen atoms in total. The molecule has 0 atom stereocenters. The lowest BCUT2D eigenvalue weighted by molar-refractivity contribution is 0.474. The Bertz CT molecular complexity index is 1560. The fourth-order valence-corrected chi connectivity index (χ4v) is 5.81. The lowest BCUT2D eigenvalue weighted by Gasteiger charge is -2.21. The van der Waals surface area contributed by atoms with E-state index in [1.165, 1.54) is 15.6 Å². The molecule has 0 fully saturated rings. The smallest absolute Gasteiger partial charge is 0.139 e. The molecule has 5 rings (SSSR count). The van der Waals surface area contributed by atoms with Gasteiger partial charge < -0.3 is 9.52 Å². The average Bonchev–Trinajstić information content (AvgIpc) is 3.40. The van der Waals surface area contributed by atoms with Crippen LogP contribution < -0.4 is 0 Å². The molecule has 0 spiro atoms. The van der Waals surface area contributed by atoms with Crippen molar-refractivity contribution in [2.45, 2.75) is 53.4 Å². The number of fused-ring (bicyclic) bond motifs is 4. The van der Waals surface area contributed by atoms with E-state index < -0.39 is 0 Å². The second-order valence-electron chi connectivity index (χ2n) is 10.6. The number of aromatic nitrogens is 1. The third kappa shape index (κ3) is 3.80.